The van der Waals surface area contributed by atoms with Gasteiger partial charge < -0.3 is 10.2 Å². The van der Waals surface area contributed by atoms with Crippen molar-refractivity contribution < 1.29 is 8.78 Å². The van der Waals surface area contributed by atoms with Crippen LogP contribution in [0.15, 0.2) is 0 Å². The van der Waals surface area contributed by atoms with Crippen LogP contribution in [0, 0.1) is 5.92 Å². The van der Waals surface area contributed by atoms with Crippen LogP contribution in [0.5, 0.6) is 0 Å². The maximum absolute atomic E-state index is 13.0. The second-order valence-corrected chi connectivity index (χ2v) is 6.98. The Balaban J connectivity index is 1.57. The third-order valence-electron chi connectivity index (χ3n) is 5.58. The number of piperidine rings is 1. The Bertz CT molecular complexity index is 342. The quantitative estimate of drug-likeness (QED) is 0.854. The van der Waals surface area contributed by atoms with Crippen molar-refractivity contribution in [3.05, 3.63) is 0 Å². The normalized spacial score (nSPS) is 34.0. The van der Waals surface area contributed by atoms with Crippen molar-refractivity contribution in [3.8, 4) is 0 Å². The Labute approximate surface area is 120 Å². The molecule has 0 amide bonds. The molecule has 3 fully saturated rings. The molecular formula is C15H27F2N3. The molecule has 1 N–H and O–H groups in total. The van der Waals surface area contributed by atoms with E-state index in [0.29, 0.717) is 6.42 Å². The molecule has 0 radical (unpaired) electrons. The Kier molecular flexibility index (Phi) is 4.04. The summed E-state index contributed by atoms with van der Waals surface area (Å²) < 4.78 is 26.0. The van der Waals surface area contributed by atoms with E-state index in [9.17, 15) is 8.78 Å². The Morgan fingerprint density at radius 3 is 2.55 bits per heavy atom. The van der Waals surface area contributed by atoms with Gasteiger partial charge in [0.1, 0.15) is 0 Å². The van der Waals surface area contributed by atoms with E-state index in [-0.39, 0.29) is 17.9 Å². The van der Waals surface area contributed by atoms with Gasteiger partial charge in [-0.2, -0.15) is 0 Å². The zero-order valence-electron chi connectivity index (χ0n) is 12.5. The molecule has 2 saturated heterocycles. The third kappa shape index (κ3) is 3.00. The highest BCUT2D eigenvalue weighted by atomic mass is 19.3. The van der Waals surface area contributed by atoms with E-state index in [0.717, 1.165) is 45.7 Å². The summed E-state index contributed by atoms with van der Waals surface area (Å²) in [6.07, 6.45) is 4.31. The molecule has 0 aromatic heterocycles. The maximum Gasteiger partial charge on any atom is 0.251 e. The summed E-state index contributed by atoms with van der Waals surface area (Å²) in [6.45, 7) is 6.28. The first kappa shape index (κ1) is 14.7. The first-order chi connectivity index (χ1) is 9.52. The van der Waals surface area contributed by atoms with Gasteiger partial charge in [0, 0.05) is 24.4 Å². The number of hydrogen-bond donors (Lipinski definition) is 1. The fourth-order valence-electron chi connectivity index (χ4n) is 3.93. The van der Waals surface area contributed by atoms with E-state index in [1.165, 1.54) is 12.8 Å². The maximum atomic E-state index is 13.0. The first-order valence-electron chi connectivity index (χ1n) is 8.04. The summed E-state index contributed by atoms with van der Waals surface area (Å²) in [5.74, 6) is -2.69. The van der Waals surface area contributed by atoms with E-state index in [1.807, 2.05) is 0 Å². The molecule has 1 atom stereocenters. The molecule has 3 aliphatic rings. The van der Waals surface area contributed by atoms with Crippen LogP contribution in [0.4, 0.5) is 8.78 Å². The van der Waals surface area contributed by atoms with Gasteiger partial charge in [0.25, 0.3) is 5.92 Å². The second kappa shape index (κ2) is 5.50. The van der Waals surface area contributed by atoms with Gasteiger partial charge >= 0.3 is 0 Å². The molecule has 2 aliphatic heterocycles. The van der Waals surface area contributed by atoms with Crippen LogP contribution in [0.2, 0.25) is 0 Å². The van der Waals surface area contributed by atoms with Crippen molar-refractivity contribution in [1.29, 1.82) is 0 Å². The fraction of sp³-hybridized carbons (Fsp3) is 1.00. The minimum atomic E-state index is -2.35. The van der Waals surface area contributed by atoms with E-state index >= 15 is 0 Å². The number of alkyl halides is 2. The predicted octanol–water partition coefficient (Wildman–Crippen LogP) is 1.79. The lowest BCUT2D eigenvalue weighted by Gasteiger charge is -2.45. The largest absolute Gasteiger partial charge is 0.317 e. The number of nitrogens with zero attached hydrogens (tertiary/aromatic N) is 2. The molecule has 0 aromatic rings. The van der Waals surface area contributed by atoms with Crippen LogP contribution in [0.25, 0.3) is 0 Å². The summed E-state index contributed by atoms with van der Waals surface area (Å²) in [5.41, 5.74) is 0.272. The summed E-state index contributed by atoms with van der Waals surface area (Å²) >= 11 is 0. The molecule has 116 valence electrons. The lowest BCUT2D eigenvalue weighted by atomic mass is 9.86. The van der Waals surface area contributed by atoms with Crippen LogP contribution in [-0.4, -0.2) is 67.6 Å². The molecule has 0 bridgehead atoms. The lowest BCUT2D eigenvalue weighted by molar-refractivity contribution is 0.0613. The van der Waals surface area contributed by atoms with Crippen molar-refractivity contribution >= 4 is 0 Å². The Morgan fingerprint density at radius 1 is 1.20 bits per heavy atom. The molecule has 1 aliphatic carbocycles. The summed E-state index contributed by atoms with van der Waals surface area (Å²) in [4.78, 5) is 4.97. The van der Waals surface area contributed by atoms with E-state index in [2.05, 4.69) is 22.2 Å². The highest BCUT2D eigenvalue weighted by Crippen LogP contribution is 2.50. The van der Waals surface area contributed by atoms with Crippen molar-refractivity contribution in [2.75, 3.05) is 46.3 Å². The molecular weight excluding hydrogens is 260 g/mol. The van der Waals surface area contributed by atoms with Gasteiger partial charge in [-0.05, 0) is 65.5 Å². The Morgan fingerprint density at radius 2 is 1.90 bits per heavy atom. The van der Waals surface area contributed by atoms with Gasteiger partial charge in [-0.15, -0.1) is 0 Å². The van der Waals surface area contributed by atoms with Crippen LogP contribution in [0.3, 0.4) is 0 Å². The van der Waals surface area contributed by atoms with E-state index in [1.54, 1.807) is 0 Å². The minimum Gasteiger partial charge on any atom is -0.317 e. The van der Waals surface area contributed by atoms with Gasteiger partial charge in [0.2, 0.25) is 0 Å². The third-order valence-corrected chi connectivity index (χ3v) is 5.58. The zero-order chi connectivity index (χ0) is 14.2. The summed E-state index contributed by atoms with van der Waals surface area (Å²) in [7, 11) is 2.24. The SMILES string of the molecule is CN1CCCN(CCC2CC2(F)F)CC12CCNCC2. The number of nitrogens with one attached hydrogen (secondary N) is 1. The van der Waals surface area contributed by atoms with E-state index in [4.69, 9.17) is 0 Å². The molecule has 2 heterocycles. The van der Waals surface area contributed by atoms with Crippen molar-refractivity contribution in [2.24, 2.45) is 5.92 Å². The number of hydrogen-bond acceptors (Lipinski definition) is 3. The van der Waals surface area contributed by atoms with Crippen molar-refractivity contribution in [3.63, 3.8) is 0 Å². The van der Waals surface area contributed by atoms with Crippen LogP contribution in [-0.2, 0) is 0 Å². The standard InChI is InChI=1S/C15H27F2N3/c1-19-8-2-9-20(10-3-13-11-15(13,16)17)12-14(19)4-6-18-7-5-14/h13,18H,2-12H2,1H3. The van der Waals surface area contributed by atoms with Crippen LogP contribution < -0.4 is 5.32 Å². The molecule has 1 spiro atoms. The number of halogens is 2. The minimum absolute atomic E-state index is 0.121. The van der Waals surface area contributed by atoms with Crippen LogP contribution in [0.1, 0.15) is 32.1 Å². The van der Waals surface area contributed by atoms with Gasteiger partial charge in [-0.25, -0.2) is 8.78 Å². The monoisotopic (exact) mass is 287 g/mol. The average molecular weight is 287 g/mol. The van der Waals surface area contributed by atoms with E-state index < -0.39 is 5.92 Å². The average Bonchev–Trinajstić information content (AvgIpc) is 3.06. The lowest BCUT2D eigenvalue weighted by Crippen LogP contribution is -2.57. The smallest absolute Gasteiger partial charge is 0.251 e. The predicted molar refractivity (Wildman–Crippen MR) is 76.2 cm³/mol. The van der Waals surface area contributed by atoms with Gasteiger partial charge in [0.05, 0.1) is 0 Å². The molecule has 0 aromatic carbocycles. The topological polar surface area (TPSA) is 18.5 Å². The summed E-state index contributed by atoms with van der Waals surface area (Å²) in [6, 6.07) is 0. The summed E-state index contributed by atoms with van der Waals surface area (Å²) in [5, 5.41) is 3.44. The van der Waals surface area contributed by atoms with Crippen molar-refractivity contribution in [2.45, 2.75) is 43.6 Å². The fourth-order valence-corrected chi connectivity index (χ4v) is 3.93. The first-order valence-corrected chi connectivity index (χ1v) is 8.04. The molecule has 5 heteroatoms. The highest BCUT2D eigenvalue weighted by Gasteiger charge is 2.56. The molecule has 3 rings (SSSR count). The van der Waals surface area contributed by atoms with Gasteiger partial charge in [-0.3, -0.25) is 4.90 Å². The van der Waals surface area contributed by atoms with Crippen molar-refractivity contribution in [1.82, 2.24) is 15.1 Å². The number of likely N-dealkylation sites (N-methyl/N-ethyl adjacent to an activating group) is 1. The zero-order valence-corrected chi connectivity index (χ0v) is 12.5. The van der Waals surface area contributed by atoms with Gasteiger partial charge in [0.15, 0.2) is 0 Å². The second-order valence-electron chi connectivity index (χ2n) is 6.98. The molecule has 1 unspecified atom stereocenters. The van der Waals surface area contributed by atoms with Gasteiger partial charge in [-0.1, -0.05) is 0 Å². The number of rotatable bonds is 3. The molecule has 3 nitrogen and oxygen atoms in total. The Hall–Kier alpha value is -0.260. The highest BCUT2D eigenvalue weighted by molar-refractivity contribution is 4.99. The molecule has 20 heavy (non-hydrogen) atoms. The van der Waals surface area contributed by atoms with Crippen LogP contribution >= 0.6 is 0 Å². The molecule has 1 saturated carbocycles.